The van der Waals surface area contributed by atoms with Crippen LogP contribution in [0.2, 0.25) is 0 Å². The van der Waals surface area contributed by atoms with E-state index in [4.69, 9.17) is 9.47 Å². The maximum absolute atomic E-state index is 12.2. The molecule has 1 aliphatic rings. The van der Waals surface area contributed by atoms with Gasteiger partial charge in [0.05, 0.1) is 5.57 Å². The summed E-state index contributed by atoms with van der Waals surface area (Å²) in [6.07, 6.45) is 3.42. The molecule has 1 aromatic heterocycles. The summed E-state index contributed by atoms with van der Waals surface area (Å²) in [6.45, 7) is 0.789. The van der Waals surface area contributed by atoms with Gasteiger partial charge in [-0.25, -0.2) is 4.79 Å². The van der Waals surface area contributed by atoms with E-state index in [1.54, 1.807) is 12.4 Å². The van der Waals surface area contributed by atoms with Crippen LogP contribution in [0.15, 0.2) is 79.1 Å². The van der Waals surface area contributed by atoms with Gasteiger partial charge in [0, 0.05) is 18.0 Å². The summed E-state index contributed by atoms with van der Waals surface area (Å²) >= 11 is 0. The summed E-state index contributed by atoms with van der Waals surface area (Å²) in [6, 6.07) is 21.3. The van der Waals surface area contributed by atoms with Crippen molar-refractivity contribution in [1.29, 1.82) is 0 Å². The first-order valence-electron chi connectivity index (χ1n) is 8.39. The molecule has 3 aromatic rings. The highest BCUT2D eigenvalue weighted by atomic mass is 16.5. The van der Waals surface area contributed by atoms with Gasteiger partial charge in [0.1, 0.15) is 19.0 Å². The number of benzene rings is 2. The van der Waals surface area contributed by atoms with Gasteiger partial charge >= 0.3 is 5.97 Å². The maximum Gasteiger partial charge on any atom is 0.339 e. The maximum atomic E-state index is 12.2. The minimum atomic E-state index is -0.297. The van der Waals surface area contributed by atoms with E-state index in [0.717, 1.165) is 28.0 Å². The number of rotatable bonds is 5. The SMILES string of the molecule is O=C1OCC(c2ccncc2)=C1c1ccc(OCc2ccccc2)cc1. The Labute approximate surface area is 151 Å². The quantitative estimate of drug-likeness (QED) is 0.654. The second kappa shape index (κ2) is 7.23. The largest absolute Gasteiger partial charge is 0.489 e. The molecule has 4 rings (SSSR count). The van der Waals surface area contributed by atoms with Gasteiger partial charge in [0.15, 0.2) is 0 Å². The van der Waals surface area contributed by atoms with Crippen LogP contribution < -0.4 is 4.74 Å². The fraction of sp³-hybridized carbons (Fsp3) is 0.0909. The van der Waals surface area contributed by atoms with Crippen molar-refractivity contribution in [2.24, 2.45) is 0 Å². The molecule has 0 amide bonds. The summed E-state index contributed by atoms with van der Waals surface area (Å²) in [5.74, 6) is 0.463. The Hall–Kier alpha value is -3.40. The van der Waals surface area contributed by atoms with E-state index in [9.17, 15) is 4.79 Å². The van der Waals surface area contributed by atoms with Gasteiger partial charge in [-0.3, -0.25) is 4.98 Å². The summed E-state index contributed by atoms with van der Waals surface area (Å²) in [7, 11) is 0. The number of carbonyl (C=O) groups excluding carboxylic acids is 1. The number of hydrogen-bond donors (Lipinski definition) is 0. The normalized spacial score (nSPS) is 13.6. The van der Waals surface area contributed by atoms with Crippen molar-refractivity contribution in [3.63, 3.8) is 0 Å². The van der Waals surface area contributed by atoms with Crippen molar-refractivity contribution in [3.05, 3.63) is 95.8 Å². The molecule has 2 aromatic carbocycles. The molecular weight excluding hydrogens is 326 g/mol. The van der Waals surface area contributed by atoms with Crippen molar-refractivity contribution < 1.29 is 14.3 Å². The minimum Gasteiger partial charge on any atom is -0.489 e. The highest BCUT2D eigenvalue weighted by Crippen LogP contribution is 2.33. The molecule has 0 radical (unpaired) electrons. The van der Waals surface area contributed by atoms with Gasteiger partial charge in [-0.05, 0) is 41.0 Å². The van der Waals surface area contributed by atoms with Crippen LogP contribution in [-0.4, -0.2) is 17.6 Å². The predicted molar refractivity (Wildman–Crippen MR) is 99.2 cm³/mol. The number of aromatic nitrogens is 1. The monoisotopic (exact) mass is 343 g/mol. The number of pyridine rings is 1. The van der Waals surface area contributed by atoms with Crippen LogP contribution in [0.1, 0.15) is 16.7 Å². The van der Waals surface area contributed by atoms with E-state index in [2.05, 4.69) is 4.98 Å². The van der Waals surface area contributed by atoms with Gasteiger partial charge in [0.25, 0.3) is 0 Å². The van der Waals surface area contributed by atoms with E-state index in [0.29, 0.717) is 12.2 Å². The van der Waals surface area contributed by atoms with Crippen molar-refractivity contribution >= 4 is 17.1 Å². The summed E-state index contributed by atoms with van der Waals surface area (Å²) in [5, 5.41) is 0. The fourth-order valence-corrected chi connectivity index (χ4v) is 2.94. The zero-order valence-electron chi connectivity index (χ0n) is 14.1. The van der Waals surface area contributed by atoms with Crippen molar-refractivity contribution in [3.8, 4) is 5.75 Å². The topological polar surface area (TPSA) is 48.4 Å². The third-order valence-corrected chi connectivity index (χ3v) is 4.27. The van der Waals surface area contributed by atoms with Crippen molar-refractivity contribution in [1.82, 2.24) is 4.98 Å². The number of ether oxygens (including phenoxy) is 2. The van der Waals surface area contributed by atoms with Gasteiger partial charge in [-0.2, -0.15) is 0 Å². The smallest absolute Gasteiger partial charge is 0.339 e. The van der Waals surface area contributed by atoms with Crippen molar-refractivity contribution in [2.75, 3.05) is 6.61 Å². The Morgan fingerprint density at radius 2 is 1.62 bits per heavy atom. The predicted octanol–water partition coefficient (Wildman–Crippen LogP) is 4.13. The molecule has 0 bridgehead atoms. The van der Waals surface area contributed by atoms with Crippen molar-refractivity contribution in [2.45, 2.75) is 6.61 Å². The molecule has 0 atom stereocenters. The Bertz CT molecular complexity index is 932. The molecule has 0 N–H and O–H groups in total. The van der Waals surface area contributed by atoms with Crippen LogP contribution >= 0.6 is 0 Å². The van der Waals surface area contributed by atoms with Crippen LogP contribution in [0.5, 0.6) is 5.75 Å². The zero-order chi connectivity index (χ0) is 17.8. The van der Waals surface area contributed by atoms with E-state index in [1.807, 2.05) is 66.7 Å². The first-order chi connectivity index (χ1) is 12.8. The molecule has 1 aliphatic heterocycles. The molecule has 0 saturated heterocycles. The van der Waals surface area contributed by atoms with E-state index in [-0.39, 0.29) is 12.6 Å². The number of hydrogen-bond acceptors (Lipinski definition) is 4. The van der Waals surface area contributed by atoms with Crippen LogP contribution in [-0.2, 0) is 16.1 Å². The summed E-state index contributed by atoms with van der Waals surface area (Å²) in [4.78, 5) is 16.3. The third kappa shape index (κ3) is 3.35. The van der Waals surface area contributed by atoms with Gasteiger partial charge < -0.3 is 9.47 Å². The van der Waals surface area contributed by atoms with Gasteiger partial charge in [-0.1, -0.05) is 42.5 Å². The molecule has 0 fully saturated rings. The minimum absolute atomic E-state index is 0.282. The lowest BCUT2D eigenvalue weighted by atomic mass is 9.97. The average Bonchev–Trinajstić information content (AvgIpc) is 3.10. The molecule has 0 spiro atoms. The summed E-state index contributed by atoms with van der Waals surface area (Å²) in [5.41, 5.74) is 4.37. The lowest BCUT2D eigenvalue weighted by Gasteiger charge is -2.08. The Morgan fingerprint density at radius 3 is 2.35 bits per heavy atom. The zero-order valence-corrected chi connectivity index (χ0v) is 14.1. The molecule has 4 nitrogen and oxygen atoms in total. The summed E-state index contributed by atoms with van der Waals surface area (Å²) < 4.78 is 11.1. The van der Waals surface area contributed by atoms with Crippen LogP contribution in [0.4, 0.5) is 0 Å². The highest BCUT2D eigenvalue weighted by molar-refractivity contribution is 6.27. The second-order valence-corrected chi connectivity index (χ2v) is 5.96. The molecule has 128 valence electrons. The Kier molecular flexibility index (Phi) is 4.48. The van der Waals surface area contributed by atoms with Gasteiger partial charge in [0.2, 0.25) is 0 Å². The lowest BCUT2D eigenvalue weighted by molar-refractivity contribution is -0.133. The molecule has 0 unspecified atom stereocenters. The number of carbonyl (C=O) groups is 1. The number of cyclic esters (lactones) is 1. The van der Waals surface area contributed by atoms with Crippen LogP contribution in [0.3, 0.4) is 0 Å². The molecule has 26 heavy (non-hydrogen) atoms. The number of esters is 1. The fourth-order valence-electron chi connectivity index (χ4n) is 2.94. The average molecular weight is 343 g/mol. The first-order valence-corrected chi connectivity index (χ1v) is 8.39. The van der Waals surface area contributed by atoms with E-state index in [1.165, 1.54) is 0 Å². The highest BCUT2D eigenvalue weighted by Gasteiger charge is 2.27. The molecule has 2 heterocycles. The lowest BCUT2D eigenvalue weighted by Crippen LogP contribution is -1.99. The molecular formula is C22H17NO3. The second-order valence-electron chi connectivity index (χ2n) is 5.96. The molecule has 0 saturated carbocycles. The van der Waals surface area contributed by atoms with E-state index < -0.39 is 0 Å². The van der Waals surface area contributed by atoms with E-state index >= 15 is 0 Å². The first kappa shape index (κ1) is 16.1. The Morgan fingerprint density at radius 1 is 0.885 bits per heavy atom. The molecule has 4 heteroatoms. The van der Waals surface area contributed by atoms with Crippen LogP contribution in [0, 0.1) is 0 Å². The number of nitrogens with zero attached hydrogens (tertiary/aromatic N) is 1. The Balaban J connectivity index is 1.56. The molecule has 0 aliphatic carbocycles. The standard InChI is InChI=1S/C22H17NO3/c24-22-21(20(15-26-22)17-10-12-23-13-11-17)18-6-8-19(9-7-18)25-14-16-4-2-1-3-5-16/h1-13H,14-15H2. The van der Waals surface area contributed by atoms with Gasteiger partial charge in [-0.15, -0.1) is 0 Å². The third-order valence-electron chi connectivity index (χ3n) is 4.27. The van der Waals surface area contributed by atoms with Crippen LogP contribution in [0.25, 0.3) is 11.1 Å².